The molecule has 4 N–H and O–H groups in total. The van der Waals surface area contributed by atoms with E-state index in [1.807, 2.05) is 6.92 Å². The molecule has 4 atom stereocenters. The number of phenols is 2. The molecule has 5 aromatic carbocycles. The van der Waals surface area contributed by atoms with Crippen LogP contribution in [-0.4, -0.2) is 91.7 Å². The second-order valence-electron chi connectivity index (χ2n) is 15.9. The molecule has 314 valence electrons. The Labute approximate surface area is 343 Å². The third-order valence-corrected chi connectivity index (χ3v) is 12.6. The number of carboxylic acids is 1. The summed E-state index contributed by atoms with van der Waals surface area (Å²) in [6, 6.07) is 3.24. The summed E-state index contributed by atoms with van der Waals surface area (Å²) < 4.78 is 6.70. The zero-order chi connectivity index (χ0) is 44.1. The van der Waals surface area contributed by atoms with Crippen LogP contribution in [0.1, 0.15) is 57.2 Å². The Bertz CT molecular complexity index is 3280. The number of piperazine rings is 1. The fraction of sp³-hybridized carbons (Fsp3) is 0.341. The summed E-state index contributed by atoms with van der Waals surface area (Å²) in [4.78, 5) is 127. The largest absolute Gasteiger partial charge is 0.507 e. The average molecular weight is 833 g/mol. The van der Waals surface area contributed by atoms with Crippen molar-refractivity contribution in [3.63, 3.8) is 0 Å². The van der Waals surface area contributed by atoms with Crippen LogP contribution in [0.15, 0.2) is 54.3 Å². The number of nitrogens with one attached hydrogen (secondary N) is 1. The molecule has 2 saturated heterocycles. The number of ether oxygens (including phenoxy) is 1. The number of aromatic nitrogens is 1. The maximum atomic E-state index is 14.8. The van der Waals surface area contributed by atoms with Gasteiger partial charge in [0.2, 0.25) is 28.6 Å². The summed E-state index contributed by atoms with van der Waals surface area (Å²) in [5.74, 6) is -5.34. The van der Waals surface area contributed by atoms with E-state index in [-0.39, 0.29) is 68.7 Å². The van der Waals surface area contributed by atoms with Crippen LogP contribution < -0.4 is 37.3 Å². The predicted octanol–water partition coefficient (Wildman–Crippen LogP) is 1.96. The fourth-order valence-corrected chi connectivity index (χ4v) is 9.19. The Kier molecular flexibility index (Phi) is 9.67. The number of aromatic hydroxyl groups is 2. The molecule has 3 amide bonds. The lowest BCUT2D eigenvalue weighted by Gasteiger charge is -2.39. The third-order valence-electron chi connectivity index (χ3n) is 12.6. The molecular formula is C44H40N4O13. The van der Waals surface area contributed by atoms with E-state index in [0.29, 0.717) is 18.4 Å². The molecule has 2 aliphatic rings. The van der Waals surface area contributed by atoms with E-state index in [2.05, 4.69) is 5.32 Å². The van der Waals surface area contributed by atoms with Gasteiger partial charge >= 0.3 is 5.97 Å². The van der Waals surface area contributed by atoms with Crippen LogP contribution in [0.2, 0.25) is 0 Å². The number of carbonyl (C=O) groups is 4. The second kappa shape index (κ2) is 14.5. The highest BCUT2D eigenvalue weighted by atomic mass is 16.5. The van der Waals surface area contributed by atoms with Crippen LogP contribution in [0.25, 0.3) is 53.9 Å². The van der Waals surface area contributed by atoms with Crippen molar-refractivity contribution in [3.8, 4) is 17.2 Å². The van der Waals surface area contributed by atoms with E-state index in [9.17, 15) is 58.5 Å². The van der Waals surface area contributed by atoms with Crippen LogP contribution in [0.3, 0.4) is 0 Å². The number of likely N-dealkylation sites (tertiary alicyclic amines) is 1. The lowest BCUT2D eigenvalue weighted by atomic mass is 9.90. The molecule has 17 nitrogen and oxygen atoms in total. The number of carbonyl (C=O) groups excluding carboxylic acids is 3. The van der Waals surface area contributed by atoms with E-state index in [4.69, 9.17) is 4.74 Å². The molecule has 0 aliphatic carbocycles. The first kappa shape index (κ1) is 40.6. The molecule has 3 heterocycles. The van der Waals surface area contributed by atoms with Crippen molar-refractivity contribution in [2.24, 2.45) is 0 Å². The number of phenolic OH excluding ortho intramolecular Hbond substituents is 2. The van der Waals surface area contributed by atoms with Gasteiger partial charge in [-0.2, -0.15) is 0 Å². The quantitative estimate of drug-likeness (QED) is 0.133. The first-order valence-corrected chi connectivity index (χ1v) is 19.8. The number of aliphatic carboxylic acids is 1. The smallest absolute Gasteiger partial charge is 0.326 e. The number of hydrogen-bond donors (Lipinski definition) is 4. The number of pyridine rings is 1. The van der Waals surface area contributed by atoms with Crippen molar-refractivity contribution in [2.45, 2.75) is 77.5 Å². The summed E-state index contributed by atoms with van der Waals surface area (Å²) in [6.45, 7) is 5.66. The molecule has 0 bridgehead atoms. The number of amides is 3. The maximum absolute atomic E-state index is 14.8. The minimum Gasteiger partial charge on any atom is -0.507 e. The first-order valence-electron chi connectivity index (χ1n) is 19.8. The van der Waals surface area contributed by atoms with Gasteiger partial charge < -0.3 is 39.7 Å². The zero-order valence-electron chi connectivity index (χ0n) is 33.7. The third kappa shape index (κ3) is 5.84. The summed E-state index contributed by atoms with van der Waals surface area (Å²) in [5.41, 5.74) is -3.91. The molecule has 61 heavy (non-hydrogen) atoms. The van der Waals surface area contributed by atoms with Gasteiger partial charge in [0.1, 0.15) is 41.9 Å². The molecule has 2 aliphatic heterocycles. The highest BCUT2D eigenvalue weighted by molar-refractivity contribution is 6.23. The lowest BCUT2D eigenvalue weighted by Crippen LogP contribution is -2.65. The summed E-state index contributed by atoms with van der Waals surface area (Å²) in [5, 5.41) is 31.6. The molecule has 1 aromatic heterocycles. The topological polar surface area (TPSA) is 247 Å². The molecule has 0 radical (unpaired) electrons. The molecule has 8 rings (SSSR count). The number of methoxy groups -OCH3 is 1. The maximum Gasteiger partial charge on any atom is 0.326 e. The average Bonchev–Trinajstić information content (AvgIpc) is 3.74. The Hall–Kier alpha value is -7.17. The number of benzene rings is 5. The highest BCUT2D eigenvalue weighted by Gasteiger charge is 2.43. The highest BCUT2D eigenvalue weighted by Crippen LogP contribution is 2.43. The molecule has 3 unspecified atom stereocenters. The van der Waals surface area contributed by atoms with Crippen molar-refractivity contribution >= 4 is 77.6 Å². The Morgan fingerprint density at radius 1 is 0.836 bits per heavy atom. The van der Waals surface area contributed by atoms with Crippen molar-refractivity contribution in [1.29, 1.82) is 0 Å². The van der Waals surface area contributed by atoms with Crippen LogP contribution in [0, 0.1) is 6.92 Å². The number of fused-ring (bicyclic) bond motifs is 6. The van der Waals surface area contributed by atoms with E-state index in [1.165, 1.54) is 44.4 Å². The predicted molar refractivity (Wildman–Crippen MR) is 224 cm³/mol. The van der Waals surface area contributed by atoms with Crippen LogP contribution in [0.4, 0.5) is 0 Å². The van der Waals surface area contributed by atoms with Crippen molar-refractivity contribution < 1.29 is 39.2 Å². The summed E-state index contributed by atoms with van der Waals surface area (Å²) in [7, 11) is 1.21. The Morgan fingerprint density at radius 3 is 2.18 bits per heavy atom. The lowest BCUT2D eigenvalue weighted by molar-refractivity contribution is -0.153. The molecule has 0 spiro atoms. The van der Waals surface area contributed by atoms with Gasteiger partial charge in [-0.05, 0) is 68.9 Å². The number of rotatable bonds is 7. The number of nitrogens with zero attached hydrogens (tertiary/aromatic N) is 3. The second-order valence-corrected chi connectivity index (χ2v) is 15.9. The molecule has 17 heteroatoms. The van der Waals surface area contributed by atoms with E-state index >= 15 is 0 Å². The van der Waals surface area contributed by atoms with Gasteiger partial charge in [-0.25, -0.2) is 4.79 Å². The molecular weight excluding hydrogens is 792 g/mol. The van der Waals surface area contributed by atoms with Gasteiger partial charge in [0.15, 0.2) is 10.9 Å². The Morgan fingerprint density at radius 2 is 1.51 bits per heavy atom. The summed E-state index contributed by atoms with van der Waals surface area (Å²) >= 11 is 0. The van der Waals surface area contributed by atoms with Crippen molar-refractivity contribution in [3.05, 3.63) is 92.8 Å². The molecule has 6 aromatic rings. The fourth-order valence-electron chi connectivity index (χ4n) is 9.19. The SMILES string of the molecule is CCC(C)c1cc2c(=O)c3ccc4c(OC)c5c(=O)c6c(C)ccc(O)c6c(=O)c5c(O)c4c3c(=O)c2c(=O)n1CC(=O)N1CC(C(=O)N2CCC[C@H]2C(=O)O)NC(=O)C1C. The van der Waals surface area contributed by atoms with E-state index < -0.39 is 109 Å². The van der Waals surface area contributed by atoms with Gasteiger partial charge in [0.25, 0.3) is 5.56 Å². The van der Waals surface area contributed by atoms with E-state index in [1.54, 1.807) is 13.8 Å². The van der Waals surface area contributed by atoms with Crippen molar-refractivity contribution in [2.75, 3.05) is 20.2 Å². The minimum atomic E-state index is -1.27. The molecule has 2 fully saturated rings. The van der Waals surface area contributed by atoms with Gasteiger partial charge in [-0.1, -0.05) is 19.9 Å². The standard InChI is InChI=1S/C44H40N4O13/c1-6-17(2)25-14-22-31(43(58)48(25)16-27(50)47-15-23(45-41(56)19(47)4)42(57)46-13-7-8-24(46)44(59)60)37(53)29-20(35(22)51)10-11-21-30(29)38(54)33-34(40(21)61-5)36(52)28-18(3)9-12-26(49)32(28)39(33)55/h9-12,14,17,19,23-24,49,54H,6-8,13,15-16H2,1-5H3,(H,45,56)(H,59,60)/t17?,19?,23?,24-/m0/s1. The van der Waals surface area contributed by atoms with Crippen molar-refractivity contribution in [1.82, 2.24) is 19.7 Å². The zero-order valence-corrected chi connectivity index (χ0v) is 33.7. The Balaban J connectivity index is 1.34. The summed E-state index contributed by atoms with van der Waals surface area (Å²) in [6.07, 6.45) is 1.10. The minimum absolute atomic E-state index is 0.0266. The van der Waals surface area contributed by atoms with Crippen LogP contribution in [-0.2, 0) is 25.7 Å². The van der Waals surface area contributed by atoms with Gasteiger partial charge in [0.05, 0.1) is 35.2 Å². The number of carboxylic acid groups (broad SMARTS) is 1. The number of aryl methyl sites for hydroxylation is 1. The van der Waals surface area contributed by atoms with Gasteiger partial charge in [-0.15, -0.1) is 0 Å². The molecule has 0 saturated carbocycles. The van der Waals surface area contributed by atoms with Gasteiger partial charge in [-0.3, -0.25) is 38.4 Å². The monoisotopic (exact) mass is 832 g/mol. The van der Waals surface area contributed by atoms with E-state index in [0.717, 1.165) is 14.4 Å². The number of hydrogen-bond acceptors (Lipinski definition) is 12. The van der Waals surface area contributed by atoms with Crippen LogP contribution >= 0.6 is 0 Å². The first-order chi connectivity index (χ1) is 28.9. The van der Waals surface area contributed by atoms with Crippen LogP contribution in [0.5, 0.6) is 17.2 Å². The normalized spacial score (nSPS) is 18.7. The van der Waals surface area contributed by atoms with Gasteiger partial charge in [0, 0.05) is 44.6 Å².